The van der Waals surface area contributed by atoms with Crippen molar-refractivity contribution >= 4 is 38.9 Å². The Morgan fingerprint density at radius 2 is 1.68 bits per heavy atom. The van der Waals surface area contributed by atoms with Crippen LogP contribution in [0.5, 0.6) is 0 Å². The van der Waals surface area contributed by atoms with Gasteiger partial charge in [-0.05, 0) is 73.1 Å². The second-order valence-corrected chi connectivity index (χ2v) is 7.94. The van der Waals surface area contributed by atoms with Crippen LogP contribution in [0.3, 0.4) is 0 Å². The van der Waals surface area contributed by atoms with E-state index in [1.165, 1.54) is 35.2 Å². The topological polar surface area (TPSA) is 77.1 Å². The maximum Gasteiger partial charge on any atom is 0.329 e. The molecule has 0 aliphatic rings. The van der Waals surface area contributed by atoms with Crippen molar-refractivity contribution in [3.8, 4) is 5.69 Å². The zero-order valence-electron chi connectivity index (χ0n) is 17.3. The lowest BCUT2D eigenvalue weighted by atomic mass is 10.2. The highest BCUT2D eigenvalue weighted by Crippen LogP contribution is 2.30. The summed E-state index contributed by atoms with van der Waals surface area (Å²) in [5.74, 6) is -0.371. The number of aryl methyl sites for hydroxylation is 3. The molecule has 31 heavy (non-hydrogen) atoms. The summed E-state index contributed by atoms with van der Waals surface area (Å²) >= 11 is 3.53. The molecule has 9 heteroatoms. The van der Waals surface area contributed by atoms with Gasteiger partial charge in [-0.25, -0.2) is 13.9 Å². The first kappa shape index (κ1) is 21.0. The molecule has 2 aromatic carbocycles. The summed E-state index contributed by atoms with van der Waals surface area (Å²) in [4.78, 5) is 30.0. The number of halogens is 2. The Labute approximate surface area is 185 Å². The number of nitrogens with one attached hydrogen (secondary N) is 1. The fourth-order valence-electron chi connectivity index (χ4n) is 3.65. The van der Waals surface area contributed by atoms with E-state index >= 15 is 0 Å². The molecule has 0 unspecified atom stereocenters. The van der Waals surface area contributed by atoms with Crippen LogP contribution in [0.1, 0.15) is 25.1 Å². The second kappa shape index (κ2) is 8.14. The number of nitrogens with zero attached hydrogens (tertiary/aromatic N) is 4. The summed E-state index contributed by atoms with van der Waals surface area (Å²) < 4.78 is 18.7. The van der Waals surface area contributed by atoms with Crippen molar-refractivity contribution in [3.05, 3.63) is 78.8 Å². The minimum Gasteiger partial charge on any atom is -0.295 e. The molecule has 0 fully saturated rings. The van der Waals surface area contributed by atoms with Gasteiger partial charge in [0.1, 0.15) is 5.82 Å². The number of rotatable bonds is 5. The summed E-state index contributed by atoms with van der Waals surface area (Å²) in [7, 11) is 0. The third-order valence-electron chi connectivity index (χ3n) is 5.25. The van der Waals surface area contributed by atoms with Crippen molar-refractivity contribution in [2.75, 3.05) is 0 Å². The Kier molecular flexibility index (Phi) is 5.53. The minimum absolute atomic E-state index is 0.0586. The molecule has 0 amide bonds. The van der Waals surface area contributed by atoms with Gasteiger partial charge in [0.05, 0.1) is 28.0 Å². The van der Waals surface area contributed by atoms with Crippen LogP contribution in [0.4, 0.5) is 10.1 Å². The molecule has 0 atom stereocenters. The lowest BCUT2D eigenvalue weighted by Crippen LogP contribution is -2.22. The molecule has 0 spiro atoms. The molecule has 0 saturated carbocycles. The number of aromatic amines is 1. The Balaban J connectivity index is 1.79. The monoisotopic (exact) mass is 485 g/mol. The fraction of sp³-hybridized carbons (Fsp3) is 0.227. The van der Waals surface area contributed by atoms with Crippen LogP contribution in [0.15, 0.2) is 55.5 Å². The van der Waals surface area contributed by atoms with Gasteiger partial charge in [-0.15, -0.1) is 0 Å². The molecule has 2 heterocycles. The molecule has 0 bridgehead atoms. The quantitative estimate of drug-likeness (QED) is 0.428. The molecule has 4 aromatic rings. The predicted molar refractivity (Wildman–Crippen MR) is 124 cm³/mol. The van der Waals surface area contributed by atoms with Crippen LogP contribution in [0.2, 0.25) is 0 Å². The third-order valence-corrected chi connectivity index (χ3v) is 5.89. The number of aromatic nitrogens is 4. The summed E-state index contributed by atoms with van der Waals surface area (Å²) in [6.07, 6.45) is 1.51. The molecule has 4 rings (SSSR count). The number of aliphatic imine (C=N–C) groups is 1. The maximum absolute atomic E-state index is 13.2. The number of hydrogen-bond acceptors (Lipinski definition) is 3. The molecular weight excluding hydrogens is 465 g/mol. The fourth-order valence-corrected chi connectivity index (χ4v) is 4.09. The van der Waals surface area contributed by atoms with Gasteiger partial charge < -0.3 is 0 Å². The van der Waals surface area contributed by atoms with E-state index < -0.39 is 0 Å². The molecule has 0 radical (unpaired) electrons. The molecule has 0 saturated heterocycles. The van der Waals surface area contributed by atoms with E-state index in [0.29, 0.717) is 35.7 Å². The van der Waals surface area contributed by atoms with Gasteiger partial charge in [-0.3, -0.25) is 24.0 Å². The highest BCUT2D eigenvalue weighted by atomic mass is 79.9. The van der Waals surface area contributed by atoms with E-state index in [-0.39, 0.29) is 17.1 Å². The molecular formula is C22H21BrFN5O2. The summed E-state index contributed by atoms with van der Waals surface area (Å²) in [5.41, 5.74) is 3.45. The van der Waals surface area contributed by atoms with Gasteiger partial charge in [0.2, 0.25) is 0 Å². The van der Waals surface area contributed by atoms with Crippen molar-refractivity contribution < 1.29 is 4.39 Å². The van der Waals surface area contributed by atoms with Crippen molar-refractivity contribution in [1.82, 2.24) is 18.9 Å². The maximum atomic E-state index is 13.2. The molecule has 0 aliphatic carbocycles. The molecule has 1 N–H and O–H groups in total. The SMILES string of the molecule is CCn1c(=O)n(CC)c2cc(N=Cc3c(C)[nH]n(-c4ccc(F)cc4)c3=O)c(Br)cc21. The van der Waals surface area contributed by atoms with Crippen molar-refractivity contribution in [2.24, 2.45) is 4.99 Å². The van der Waals surface area contributed by atoms with Crippen LogP contribution in [0.25, 0.3) is 16.7 Å². The summed E-state index contributed by atoms with van der Waals surface area (Å²) in [6.45, 7) is 6.75. The van der Waals surface area contributed by atoms with Gasteiger partial charge in [0.25, 0.3) is 5.56 Å². The van der Waals surface area contributed by atoms with E-state index in [0.717, 1.165) is 15.5 Å². The van der Waals surface area contributed by atoms with E-state index in [1.54, 1.807) is 16.1 Å². The normalized spacial score (nSPS) is 11.8. The van der Waals surface area contributed by atoms with Crippen LogP contribution < -0.4 is 11.2 Å². The number of imidazole rings is 1. The van der Waals surface area contributed by atoms with Crippen molar-refractivity contribution in [2.45, 2.75) is 33.9 Å². The van der Waals surface area contributed by atoms with Crippen LogP contribution >= 0.6 is 15.9 Å². The Morgan fingerprint density at radius 1 is 1.06 bits per heavy atom. The smallest absolute Gasteiger partial charge is 0.295 e. The first-order chi connectivity index (χ1) is 14.8. The van der Waals surface area contributed by atoms with E-state index in [4.69, 9.17) is 0 Å². The van der Waals surface area contributed by atoms with E-state index in [1.807, 2.05) is 26.0 Å². The van der Waals surface area contributed by atoms with Crippen LogP contribution in [-0.4, -0.2) is 25.1 Å². The number of fused-ring (bicyclic) bond motifs is 1. The van der Waals surface area contributed by atoms with Gasteiger partial charge in [0.15, 0.2) is 0 Å². The molecule has 2 aromatic heterocycles. The highest BCUT2D eigenvalue weighted by molar-refractivity contribution is 9.10. The molecule has 7 nitrogen and oxygen atoms in total. The lowest BCUT2D eigenvalue weighted by Gasteiger charge is -2.03. The Morgan fingerprint density at radius 3 is 2.29 bits per heavy atom. The van der Waals surface area contributed by atoms with Crippen molar-refractivity contribution in [1.29, 1.82) is 0 Å². The third kappa shape index (κ3) is 3.59. The summed E-state index contributed by atoms with van der Waals surface area (Å²) in [6, 6.07) is 9.37. The lowest BCUT2D eigenvalue weighted by molar-refractivity contribution is 0.627. The highest BCUT2D eigenvalue weighted by Gasteiger charge is 2.15. The summed E-state index contributed by atoms with van der Waals surface area (Å²) in [5, 5.41) is 3.00. The van der Waals surface area contributed by atoms with Gasteiger partial charge >= 0.3 is 5.69 Å². The first-order valence-corrected chi connectivity index (χ1v) is 10.7. The Bertz CT molecular complexity index is 1420. The zero-order chi connectivity index (χ0) is 22.3. The van der Waals surface area contributed by atoms with Crippen molar-refractivity contribution in [3.63, 3.8) is 0 Å². The molecule has 0 aliphatic heterocycles. The largest absolute Gasteiger partial charge is 0.329 e. The number of benzene rings is 2. The van der Waals surface area contributed by atoms with Crippen LogP contribution in [-0.2, 0) is 13.1 Å². The average molecular weight is 486 g/mol. The second-order valence-electron chi connectivity index (χ2n) is 7.09. The molecule has 160 valence electrons. The van der Waals surface area contributed by atoms with E-state index in [9.17, 15) is 14.0 Å². The van der Waals surface area contributed by atoms with Gasteiger partial charge in [-0.1, -0.05) is 0 Å². The van der Waals surface area contributed by atoms with Gasteiger partial charge in [0, 0.05) is 29.5 Å². The standard InChI is InChI=1S/C22H21BrFN5O2/c1-4-27-19-10-17(23)18(11-20(19)28(5-2)22(27)31)25-12-16-13(3)26-29(21(16)30)15-8-6-14(24)7-9-15/h6-12,26H,4-5H2,1-3H3. The predicted octanol–water partition coefficient (Wildman–Crippen LogP) is 4.28. The number of H-pyrrole nitrogens is 1. The van der Waals surface area contributed by atoms with E-state index in [2.05, 4.69) is 26.0 Å². The first-order valence-electron chi connectivity index (χ1n) is 9.89. The van der Waals surface area contributed by atoms with Gasteiger partial charge in [-0.2, -0.15) is 0 Å². The minimum atomic E-state index is -0.371. The average Bonchev–Trinajstić information content (AvgIpc) is 3.18. The Hall–Kier alpha value is -3.20. The van der Waals surface area contributed by atoms with Crippen LogP contribution in [0, 0.1) is 12.7 Å². The number of hydrogen-bond donors (Lipinski definition) is 1. The zero-order valence-corrected chi connectivity index (χ0v) is 18.9.